The summed E-state index contributed by atoms with van der Waals surface area (Å²) in [5.74, 6) is 0.749. The average Bonchev–Trinajstić information content (AvgIpc) is 2.48. The van der Waals surface area contributed by atoms with Crippen LogP contribution in [0.4, 0.5) is 0 Å². The van der Waals surface area contributed by atoms with Crippen LogP contribution in [0.25, 0.3) is 0 Å². The topological polar surface area (TPSA) is 48.4 Å². The fourth-order valence-corrected chi connectivity index (χ4v) is 1.59. The lowest BCUT2D eigenvalue weighted by molar-refractivity contribution is 0.0600. The number of ether oxygens (including phenoxy) is 2. The van der Waals surface area contributed by atoms with Gasteiger partial charge in [0.05, 0.1) is 12.7 Å². The van der Waals surface area contributed by atoms with Gasteiger partial charge in [-0.25, -0.2) is 9.78 Å². The minimum Gasteiger partial charge on any atom is -0.465 e. The molecule has 0 radical (unpaired) electrons. The standard InChI is InChI=1S/C15H15NO3/c1-3-11-4-7-13(8-5-11)19-14-9-6-12(10-16-14)15(17)18-2/h4-10H,3H2,1-2H3. The molecular formula is C15H15NO3. The fourth-order valence-electron chi connectivity index (χ4n) is 1.59. The van der Waals surface area contributed by atoms with E-state index in [4.69, 9.17) is 4.74 Å². The first-order valence-corrected chi connectivity index (χ1v) is 6.04. The van der Waals surface area contributed by atoms with Crippen molar-refractivity contribution in [2.45, 2.75) is 13.3 Å². The van der Waals surface area contributed by atoms with E-state index < -0.39 is 5.97 Å². The second-order valence-corrected chi connectivity index (χ2v) is 3.98. The molecule has 0 aliphatic heterocycles. The first-order chi connectivity index (χ1) is 9.22. The van der Waals surface area contributed by atoms with Crippen LogP contribution >= 0.6 is 0 Å². The Morgan fingerprint density at radius 2 is 1.89 bits per heavy atom. The number of aryl methyl sites for hydroxylation is 1. The lowest BCUT2D eigenvalue weighted by Crippen LogP contribution is -2.01. The van der Waals surface area contributed by atoms with Crippen LogP contribution < -0.4 is 4.74 Å². The number of benzene rings is 1. The minimum atomic E-state index is -0.411. The van der Waals surface area contributed by atoms with Gasteiger partial charge in [-0.05, 0) is 30.2 Å². The van der Waals surface area contributed by atoms with E-state index in [0.717, 1.165) is 12.2 Å². The predicted octanol–water partition coefficient (Wildman–Crippen LogP) is 3.22. The number of methoxy groups -OCH3 is 1. The van der Waals surface area contributed by atoms with Crippen molar-refractivity contribution in [1.82, 2.24) is 4.98 Å². The molecule has 0 aliphatic carbocycles. The third-order valence-corrected chi connectivity index (χ3v) is 2.71. The molecule has 0 fully saturated rings. The molecule has 1 aromatic carbocycles. The third kappa shape index (κ3) is 3.31. The van der Waals surface area contributed by atoms with Gasteiger partial charge in [0.25, 0.3) is 0 Å². The molecule has 2 aromatic rings. The van der Waals surface area contributed by atoms with E-state index in [1.807, 2.05) is 24.3 Å². The van der Waals surface area contributed by atoms with Crippen molar-refractivity contribution in [3.8, 4) is 11.6 Å². The van der Waals surface area contributed by atoms with E-state index in [1.165, 1.54) is 18.9 Å². The molecule has 0 amide bonds. The summed E-state index contributed by atoms with van der Waals surface area (Å²) >= 11 is 0. The Morgan fingerprint density at radius 1 is 1.16 bits per heavy atom. The van der Waals surface area contributed by atoms with Crippen LogP contribution in [0, 0.1) is 0 Å². The smallest absolute Gasteiger partial charge is 0.339 e. The Hall–Kier alpha value is -2.36. The van der Waals surface area contributed by atoms with E-state index in [2.05, 4.69) is 16.6 Å². The highest BCUT2D eigenvalue weighted by atomic mass is 16.5. The quantitative estimate of drug-likeness (QED) is 0.789. The first kappa shape index (κ1) is 13.1. The number of esters is 1. The molecule has 4 heteroatoms. The summed E-state index contributed by atoms with van der Waals surface area (Å²) in [5.41, 5.74) is 1.65. The molecule has 0 aliphatic rings. The number of nitrogens with zero attached hydrogens (tertiary/aromatic N) is 1. The van der Waals surface area contributed by atoms with Crippen LogP contribution in [-0.2, 0) is 11.2 Å². The number of carbonyl (C=O) groups is 1. The van der Waals surface area contributed by atoms with Crippen molar-refractivity contribution in [3.63, 3.8) is 0 Å². The fraction of sp³-hybridized carbons (Fsp3) is 0.200. The summed E-state index contributed by atoms with van der Waals surface area (Å²) in [6.45, 7) is 2.10. The van der Waals surface area contributed by atoms with Gasteiger partial charge in [-0.2, -0.15) is 0 Å². The van der Waals surface area contributed by atoms with E-state index in [-0.39, 0.29) is 0 Å². The molecule has 1 heterocycles. The number of hydrogen-bond acceptors (Lipinski definition) is 4. The highest BCUT2D eigenvalue weighted by molar-refractivity contribution is 5.88. The minimum absolute atomic E-state index is 0.399. The highest BCUT2D eigenvalue weighted by Crippen LogP contribution is 2.20. The maximum absolute atomic E-state index is 11.3. The molecule has 0 atom stereocenters. The van der Waals surface area contributed by atoms with Gasteiger partial charge >= 0.3 is 5.97 Å². The van der Waals surface area contributed by atoms with Crippen LogP contribution in [0.3, 0.4) is 0 Å². The van der Waals surface area contributed by atoms with Crippen molar-refractivity contribution in [1.29, 1.82) is 0 Å². The van der Waals surface area contributed by atoms with Crippen LogP contribution in [0.1, 0.15) is 22.8 Å². The Kier molecular flexibility index (Phi) is 4.13. The Bertz CT molecular complexity index is 547. The van der Waals surface area contributed by atoms with Gasteiger partial charge in [0.15, 0.2) is 0 Å². The SMILES string of the molecule is CCc1ccc(Oc2ccc(C(=O)OC)cn2)cc1. The first-order valence-electron chi connectivity index (χ1n) is 6.04. The lowest BCUT2D eigenvalue weighted by Gasteiger charge is -2.06. The molecule has 0 bridgehead atoms. The summed E-state index contributed by atoms with van der Waals surface area (Å²) in [6, 6.07) is 11.1. The second kappa shape index (κ2) is 6.00. The number of aromatic nitrogens is 1. The summed E-state index contributed by atoms with van der Waals surface area (Å²) in [7, 11) is 1.34. The number of carbonyl (C=O) groups excluding carboxylic acids is 1. The Labute approximate surface area is 112 Å². The number of rotatable bonds is 4. The maximum Gasteiger partial charge on any atom is 0.339 e. The van der Waals surface area contributed by atoms with Crippen LogP contribution in [0.5, 0.6) is 11.6 Å². The average molecular weight is 257 g/mol. The molecule has 0 unspecified atom stereocenters. The van der Waals surface area contributed by atoms with Crippen molar-refractivity contribution in [3.05, 3.63) is 53.7 Å². The largest absolute Gasteiger partial charge is 0.465 e. The molecular weight excluding hydrogens is 242 g/mol. The zero-order chi connectivity index (χ0) is 13.7. The monoisotopic (exact) mass is 257 g/mol. The summed E-state index contributed by atoms with van der Waals surface area (Å²) < 4.78 is 10.2. The molecule has 4 nitrogen and oxygen atoms in total. The van der Waals surface area contributed by atoms with Crippen molar-refractivity contribution in [2.24, 2.45) is 0 Å². The zero-order valence-corrected chi connectivity index (χ0v) is 10.9. The summed E-state index contributed by atoms with van der Waals surface area (Å²) in [4.78, 5) is 15.3. The van der Waals surface area contributed by atoms with Gasteiger partial charge in [0.2, 0.25) is 5.88 Å². The molecule has 1 aromatic heterocycles. The summed E-state index contributed by atoms with van der Waals surface area (Å²) in [6.07, 6.45) is 2.42. The molecule has 19 heavy (non-hydrogen) atoms. The van der Waals surface area contributed by atoms with Gasteiger partial charge in [0.1, 0.15) is 5.75 Å². The molecule has 0 saturated heterocycles. The Morgan fingerprint density at radius 3 is 2.42 bits per heavy atom. The van der Waals surface area contributed by atoms with Gasteiger partial charge < -0.3 is 9.47 Å². The number of pyridine rings is 1. The van der Waals surface area contributed by atoms with Gasteiger partial charge in [-0.3, -0.25) is 0 Å². The maximum atomic E-state index is 11.3. The van der Waals surface area contributed by atoms with E-state index in [0.29, 0.717) is 11.4 Å². The van der Waals surface area contributed by atoms with Crippen LogP contribution in [0.15, 0.2) is 42.6 Å². The predicted molar refractivity (Wildman–Crippen MR) is 71.5 cm³/mol. The molecule has 0 N–H and O–H groups in total. The Balaban J connectivity index is 2.08. The van der Waals surface area contributed by atoms with Gasteiger partial charge in [0, 0.05) is 12.3 Å². The van der Waals surface area contributed by atoms with E-state index >= 15 is 0 Å². The molecule has 0 saturated carbocycles. The van der Waals surface area contributed by atoms with Crippen LogP contribution in [-0.4, -0.2) is 18.1 Å². The van der Waals surface area contributed by atoms with Crippen LogP contribution in [0.2, 0.25) is 0 Å². The second-order valence-electron chi connectivity index (χ2n) is 3.98. The molecule has 2 rings (SSSR count). The number of hydrogen-bond donors (Lipinski definition) is 0. The molecule has 98 valence electrons. The summed E-state index contributed by atoms with van der Waals surface area (Å²) in [5, 5.41) is 0. The van der Waals surface area contributed by atoms with Crippen molar-refractivity contribution in [2.75, 3.05) is 7.11 Å². The van der Waals surface area contributed by atoms with Gasteiger partial charge in [-0.1, -0.05) is 19.1 Å². The van der Waals surface area contributed by atoms with Crippen molar-refractivity contribution >= 4 is 5.97 Å². The lowest BCUT2D eigenvalue weighted by atomic mass is 10.2. The normalized spacial score (nSPS) is 10.0. The van der Waals surface area contributed by atoms with E-state index in [1.54, 1.807) is 12.1 Å². The van der Waals surface area contributed by atoms with E-state index in [9.17, 15) is 4.79 Å². The van der Waals surface area contributed by atoms with Gasteiger partial charge in [-0.15, -0.1) is 0 Å². The third-order valence-electron chi connectivity index (χ3n) is 2.71. The highest BCUT2D eigenvalue weighted by Gasteiger charge is 2.06. The zero-order valence-electron chi connectivity index (χ0n) is 10.9. The molecule has 0 spiro atoms. The van der Waals surface area contributed by atoms with Crippen molar-refractivity contribution < 1.29 is 14.3 Å².